The second-order valence-electron chi connectivity index (χ2n) is 3.95. The Hall–Kier alpha value is -1.26. The highest BCUT2D eigenvalue weighted by Gasteiger charge is 2.38. The van der Waals surface area contributed by atoms with Crippen molar-refractivity contribution in [3.63, 3.8) is 0 Å². The molecule has 1 aromatic rings. The third-order valence-corrected chi connectivity index (χ3v) is 4.61. The van der Waals surface area contributed by atoms with Gasteiger partial charge in [0.05, 0.1) is 12.2 Å². The minimum Gasteiger partial charge on any atom is -0.389 e. The van der Waals surface area contributed by atoms with Crippen LogP contribution in [0.3, 0.4) is 0 Å². The second kappa shape index (κ2) is 4.78. The molecule has 0 bridgehead atoms. The molecule has 1 aliphatic rings. The first-order valence-corrected chi connectivity index (χ1v) is 6.68. The van der Waals surface area contributed by atoms with Crippen LogP contribution in [0.15, 0.2) is 23.2 Å². The molecule has 2 unspecified atom stereocenters. The predicted molar refractivity (Wildman–Crippen MR) is 62.8 cm³/mol. The fraction of sp³-hybridized carbons (Fsp3) is 0.444. The van der Waals surface area contributed by atoms with E-state index in [1.165, 1.54) is 18.3 Å². The number of nitrogen functional groups attached to an aromatic ring is 1. The third-order valence-electron chi connectivity index (χ3n) is 2.75. The molecular weight excluding hydrogens is 260 g/mol. The van der Waals surface area contributed by atoms with Gasteiger partial charge < -0.3 is 15.6 Å². The van der Waals surface area contributed by atoms with Crippen LogP contribution in [0.5, 0.6) is 0 Å². The van der Waals surface area contributed by atoms with Crippen LogP contribution < -0.4 is 11.3 Å². The molecule has 1 aliphatic heterocycles. The molecule has 8 nitrogen and oxygen atoms in total. The van der Waals surface area contributed by atoms with Gasteiger partial charge in [-0.25, -0.2) is 19.2 Å². The Bertz CT molecular complexity index is 525. The largest absolute Gasteiger partial charge is 0.389 e. The Labute approximate surface area is 104 Å². The Balaban J connectivity index is 2.37. The van der Waals surface area contributed by atoms with Crippen LogP contribution in [-0.2, 0) is 10.0 Å². The average molecular weight is 274 g/mol. The van der Waals surface area contributed by atoms with E-state index in [2.05, 4.69) is 10.4 Å². The molecule has 18 heavy (non-hydrogen) atoms. The monoisotopic (exact) mass is 274 g/mol. The van der Waals surface area contributed by atoms with E-state index < -0.39 is 22.2 Å². The normalized spacial score (nSPS) is 25.3. The highest BCUT2D eigenvalue weighted by Crippen LogP contribution is 2.25. The minimum absolute atomic E-state index is 0.0216. The van der Waals surface area contributed by atoms with Crippen molar-refractivity contribution < 1.29 is 18.6 Å². The lowest BCUT2D eigenvalue weighted by molar-refractivity contribution is 0.0572. The molecular formula is C9H14N4O4S. The van der Waals surface area contributed by atoms with Crippen LogP contribution in [0.25, 0.3) is 0 Å². The number of aliphatic hydroxyl groups is 2. The molecule has 1 fully saturated rings. The molecule has 5 N–H and O–H groups in total. The summed E-state index contributed by atoms with van der Waals surface area (Å²) in [4.78, 5) is 3.72. The first-order chi connectivity index (χ1) is 8.46. The molecule has 2 heterocycles. The Morgan fingerprint density at radius 2 is 2.00 bits per heavy atom. The van der Waals surface area contributed by atoms with E-state index in [4.69, 9.17) is 5.84 Å². The number of hydrogen-bond donors (Lipinski definition) is 4. The zero-order valence-electron chi connectivity index (χ0n) is 9.39. The van der Waals surface area contributed by atoms with Crippen molar-refractivity contribution in [3.05, 3.63) is 18.3 Å². The summed E-state index contributed by atoms with van der Waals surface area (Å²) >= 11 is 0. The lowest BCUT2D eigenvalue weighted by atomic mass is 10.3. The van der Waals surface area contributed by atoms with Crippen LogP contribution in [0.2, 0.25) is 0 Å². The molecule has 0 amide bonds. The Kier molecular flexibility index (Phi) is 3.50. The number of hydrogen-bond acceptors (Lipinski definition) is 7. The number of anilines is 1. The molecule has 0 aromatic carbocycles. The molecule has 9 heteroatoms. The highest BCUT2D eigenvalue weighted by atomic mass is 32.2. The van der Waals surface area contributed by atoms with Crippen molar-refractivity contribution >= 4 is 15.8 Å². The topological polar surface area (TPSA) is 129 Å². The summed E-state index contributed by atoms with van der Waals surface area (Å²) in [5.74, 6) is 5.23. The van der Waals surface area contributed by atoms with E-state index in [-0.39, 0.29) is 23.8 Å². The van der Waals surface area contributed by atoms with Gasteiger partial charge in [-0.05, 0) is 12.1 Å². The fourth-order valence-electron chi connectivity index (χ4n) is 1.78. The zero-order chi connectivity index (χ0) is 13.3. The predicted octanol–water partition coefficient (Wildman–Crippen LogP) is -1.91. The molecule has 0 radical (unpaired) electrons. The van der Waals surface area contributed by atoms with E-state index in [0.717, 1.165) is 4.31 Å². The maximum atomic E-state index is 12.3. The van der Waals surface area contributed by atoms with E-state index in [1.807, 2.05) is 0 Å². The first-order valence-electron chi connectivity index (χ1n) is 5.24. The number of rotatable bonds is 3. The lowest BCUT2D eigenvalue weighted by Gasteiger charge is -2.17. The number of hydrazine groups is 1. The van der Waals surface area contributed by atoms with E-state index in [0.29, 0.717) is 0 Å². The van der Waals surface area contributed by atoms with Gasteiger partial charge in [-0.3, -0.25) is 0 Å². The van der Waals surface area contributed by atoms with Gasteiger partial charge in [0.15, 0.2) is 5.82 Å². The molecule has 0 aliphatic carbocycles. The average Bonchev–Trinajstić information content (AvgIpc) is 2.70. The second-order valence-corrected chi connectivity index (χ2v) is 5.86. The van der Waals surface area contributed by atoms with E-state index in [1.54, 1.807) is 0 Å². The SMILES string of the molecule is NNc1ncccc1S(=O)(=O)N1CC(O)C(O)C1. The summed E-state index contributed by atoms with van der Waals surface area (Å²) in [5.41, 5.74) is 2.21. The fourth-order valence-corrected chi connectivity index (χ4v) is 3.36. The van der Waals surface area contributed by atoms with Crippen molar-refractivity contribution in [2.75, 3.05) is 18.5 Å². The van der Waals surface area contributed by atoms with Crippen LogP contribution in [0.4, 0.5) is 5.82 Å². The maximum Gasteiger partial charge on any atom is 0.246 e. The lowest BCUT2D eigenvalue weighted by Crippen LogP contribution is -2.31. The molecule has 0 spiro atoms. The van der Waals surface area contributed by atoms with Crippen LogP contribution in [0.1, 0.15) is 0 Å². The van der Waals surface area contributed by atoms with Gasteiger partial charge in [0.25, 0.3) is 0 Å². The van der Waals surface area contributed by atoms with Gasteiger partial charge in [0.2, 0.25) is 10.0 Å². The number of β-amino-alcohol motifs (C(OH)–C–C–N with tert-alkyl or cyclic N) is 2. The van der Waals surface area contributed by atoms with Crippen LogP contribution in [0, 0.1) is 0 Å². The standard InChI is InChI=1S/C9H14N4O4S/c10-12-9-8(2-1-3-11-9)18(16,17)13-4-6(14)7(15)5-13/h1-3,6-7,14-15H,4-5,10H2,(H,11,12). The number of sulfonamides is 1. The van der Waals surface area contributed by atoms with Crippen molar-refractivity contribution in [1.29, 1.82) is 0 Å². The van der Waals surface area contributed by atoms with Gasteiger partial charge >= 0.3 is 0 Å². The first kappa shape index (κ1) is 13.2. The van der Waals surface area contributed by atoms with Gasteiger partial charge in [-0.1, -0.05) is 0 Å². The van der Waals surface area contributed by atoms with Crippen LogP contribution >= 0.6 is 0 Å². The van der Waals surface area contributed by atoms with Crippen molar-refractivity contribution in [1.82, 2.24) is 9.29 Å². The summed E-state index contributed by atoms with van der Waals surface area (Å²) in [5, 5.41) is 18.8. The molecule has 100 valence electrons. The molecule has 2 atom stereocenters. The molecule has 0 saturated carbocycles. The zero-order valence-corrected chi connectivity index (χ0v) is 10.2. The quantitative estimate of drug-likeness (QED) is 0.374. The number of aromatic nitrogens is 1. The number of pyridine rings is 1. The van der Waals surface area contributed by atoms with Crippen molar-refractivity contribution in [2.24, 2.45) is 5.84 Å². The summed E-state index contributed by atoms with van der Waals surface area (Å²) < 4.78 is 25.5. The number of nitrogens with one attached hydrogen (secondary N) is 1. The number of nitrogens with two attached hydrogens (primary N) is 1. The summed E-state index contributed by atoms with van der Waals surface area (Å²) in [6.07, 6.45) is -0.751. The Morgan fingerprint density at radius 1 is 1.39 bits per heavy atom. The van der Waals surface area contributed by atoms with E-state index in [9.17, 15) is 18.6 Å². The van der Waals surface area contributed by atoms with Gasteiger partial charge in [-0.2, -0.15) is 4.31 Å². The highest BCUT2D eigenvalue weighted by molar-refractivity contribution is 7.89. The maximum absolute atomic E-state index is 12.3. The van der Waals surface area contributed by atoms with Gasteiger partial charge in [0.1, 0.15) is 4.90 Å². The van der Waals surface area contributed by atoms with Gasteiger partial charge in [-0.15, -0.1) is 0 Å². The molecule has 1 aromatic heterocycles. The minimum atomic E-state index is -3.84. The van der Waals surface area contributed by atoms with Crippen molar-refractivity contribution in [2.45, 2.75) is 17.1 Å². The molecule has 2 rings (SSSR count). The summed E-state index contributed by atoms with van der Waals surface area (Å²) in [7, 11) is -3.84. The van der Waals surface area contributed by atoms with Crippen molar-refractivity contribution in [3.8, 4) is 0 Å². The number of aliphatic hydroxyl groups excluding tert-OH is 2. The Morgan fingerprint density at radius 3 is 2.56 bits per heavy atom. The van der Waals surface area contributed by atoms with Gasteiger partial charge in [0, 0.05) is 19.3 Å². The third kappa shape index (κ3) is 2.18. The molecule has 1 saturated heterocycles. The number of nitrogens with zero attached hydrogens (tertiary/aromatic N) is 2. The van der Waals surface area contributed by atoms with E-state index >= 15 is 0 Å². The summed E-state index contributed by atoms with van der Waals surface area (Å²) in [6, 6.07) is 2.82. The van der Waals surface area contributed by atoms with Crippen LogP contribution in [-0.4, -0.2) is 53.2 Å². The summed E-state index contributed by atoms with van der Waals surface area (Å²) in [6.45, 7) is -0.301. The smallest absolute Gasteiger partial charge is 0.246 e.